The Morgan fingerprint density at radius 2 is 1.64 bits per heavy atom. The normalized spacial score (nSPS) is 16.9. The molecule has 0 aromatic heterocycles. The van der Waals surface area contributed by atoms with E-state index in [1.54, 1.807) is 13.0 Å². The molecule has 0 saturated heterocycles. The minimum Gasteiger partial charge on any atom is -0.401 e. The molecule has 1 atom stereocenters. The molecule has 2 aromatic rings. The third-order valence-corrected chi connectivity index (χ3v) is 6.74. The molecule has 1 aliphatic rings. The summed E-state index contributed by atoms with van der Waals surface area (Å²) >= 11 is -2.13. The first-order chi connectivity index (χ1) is 13.0. The van der Waals surface area contributed by atoms with Crippen molar-refractivity contribution in [1.29, 1.82) is 0 Å². The average molecular weight is 398 g/mol. The third kappa shape index (κ3) is 3.03. The fraction of sp³-hybridized carbons (Fsp3) is 0.348. The Kier molecular flexibility index (Phi) is 5.11. The number of carbonyl (C=O) groups is 1. The maximum Gasteiger partial charge on any atom is 0.195 e. The summed E-state index contributed by atoms with van der Waals surface area (Å²) in [6, 6.07) is 7.53. The Morgan fingerprint density at radius 3 is 2.21 bits per heavy atom. The third-order valence-electron chi connectivity index (χ3n) is 5.92. The molecular weight excluding hydrogens is 370 g/mol. The van der Waals surface area contributed by atoms with Crippen molar-refractivity contribution in [1.82, 2.24) is 0 Å². The molecule has 1 unspecified atom stereocenters. The molecule has 0 saturated carbocycles. The summed E-state index contributed by atoms with van der Waals surface area (Å²) in [5, 5.41) is 0. The minimum absolute atomic E-state index is 0.122. The number of rotatable bonds is 3. The molecule has 28 heavy (non-hydrogen) atoms. The lowest BCUT2D eigenvalue weighted by Gasteiger charge is -2.35. The molecule has 1 aliphatic carbocycles. The number of aryl methyl sites for hydroxylation is 4. The van der Waals surface area contributed by atoms with E-state index in [0.717, 1.165) is 28.7 Å². The molecule has 0 amide bonds. The van der Waals surface area contributed by atoms with Crippen LogP contribution in [0.4, 0.5) is 0 Å². The summed E-state index contributed by atoms with van der Waals surface area (Å²) in [6.45, 7) is 11.9. The van der Waals surface area contributed by atoms with Gasteiger partial charge in [0.1, 0.15) is 0 Å². The summed E-state index contributed by atoms with van der Waals surface area (Å²) in [5.74, 6) is -0.122. The molecular formula is C23H27NO3S. The fourth-order valence-electron chi connectivity index (χ4n) is 4.11. The van der Waals surface area contributed by atoms with Crippen LogP contribution in [-0.4, -0.2) is 14.5 Å². The zero-order valence-electron chi connectivity index (χ0n) is 17.3. The minimum atomic E-state index is -2.13. The van der Waals surface area contributed by atoms with E-state index in [9.17, 15) is 13.6 Å². The lowest BCUT2D eigenvalue weighted by Crippen LogP contribution is -2.35. The van der Waals surface area contributed by atoms with Crippen molar-refractivity contribution in [2.24, 2.45) is 5.73 Å². The van der Waals surface area contributed by atoms with Crippen LogP contribution in [0.15, 0.2) is 34.9 Å². The Bertz CT molecular complexity index is 1060. The zero-order chi connectivity index (χ0) is 21.0. The molecule has 0 radical (unpaired) electrons. The molecule has 0 aliphatic heterocycles. The van der Waals surface area contributed by atoms with Crippen LogP contribution in [0.2, 0.25) is 0 Å². The van der Waals surface area contributed by atoms with Crippen LogP contribution in [0, 0.1) is 20.8 Å². The maximum atomic E-state index is 13.5. The van der Waals surface area contributed by atoms with Crippen molar-refractivity contribution in [3.05, 3.63) is 68.9 Å². The number of carbonyl (C=O) groups excluding carboxylic acids is 1. The molecule has 3 N–H and O–H groups in total. The second-order valence-electron chi connectivity index (χ2n) is 8.10. The lowest BCUT2D eigenvalue weighted by molar-refractivity contribution is 0.105. The number of hydrogen-bond acceptors (Lipinski definition) is 3. The largest absolute Gasteiger partial charge is 0.401 e. The van der Waals surface area contributed by atoms with Gasteiger partial charge in [0, 0.05) is 22.2 Å². The van der Waals surface area contributed by atoms with Gasteiger partial charge in [-0.05, 0) is 72.7 Å². The van der Waals surface area contributed by atoms with Gasteiger partial charge in [0.15, 0.2) is 16.9 Å². The second kappa shape index (κ2) is 6.98. The first-order valence-corrected chi connectivity index (χ1v) is 10.5. The number of hydrogen-bond donors (Lipinski definition) is 2. The van der Waals surface area contributed by atoms with Gasteiger partial charge in [0.2, 0.25) is 0 Å². The topological polar surface area (TPSA) is 80.4 Å². The summed E-state index contributed by atoms with van der Waals surface area (Å²) < 4.78 is 21.4. The smallest absolute Gasteiger partial charge is 0.195 e. The van der Waals surface area contributed by atoms with Crippen molar-refractivity contribution >= 4 is 22.4 Å². The highest BCUT2D eigenvalue weighted by atomic mass is 32.2. The molecule has 148 valence electrons. The second-order valence-corrected chi connectivity index (χ2v) is 9.04. The van der Waals surface area contributed by atoms with Crippen LogP contribution < -0.4 is 5.73 Å². The fourth-order valence-corrected chi connectivity index (χ4v) is 4.66. The van der Waals surface area contributed by atoms with Gasteiger partial charge in [-0.1, -0.05) is 32.9 Å². The molecule has 0 heterocycles. The van der Waals surface area contributed by atoms with E-state index >= 15 is 0 Å². The predicted molar refractivity (Wildman–Crippen MR) is 114 cm³/mol. The number of fused-ring (bicyclic) bond motifs is 1. The van der Waals surface area contributed by atoms with E-state index in [4.69, 9.17) is 5.73 Å². The van der Waals surface area contributed by atoms with E-state index < -0.39 is 16.5 Å². The zero-order valence-corrected chi connectivity index (χ0v) is 18.1. The highest BCUT2D eigenvalue weighted by molar-refractivity contribution is 7.79. The number of ketones is 1. The van der Waals surface area contributed by atoms with Crippen LogP contribution in [0.5, 0.6) is 0 Å². The molecule has 3 rings (SSSR count). The van der Waals surface area contributed by atoms with Gasteiger partial charge in [-0.25, -0.2) is 4.21 Å². The summed E-state index contributed by atoms with van der Waals surface area (Å²) in [4.78, 5) is 13.8. The molecule has 0 bridgehead atoms. The van der Waals surface area contributed by atoms with Gasteiger partial charge in [-0.2, -0.15) is 0 Å². The summed E-state index contributed by atoms with van der Waals surface area (Å²) in [7, 11) is 0. The van der Waals surface area contributed by atoms with Gasteiger partial charge < -0.3 is 10.3 Å². The van der Waals surface area contributed by atoms with Gasteiger partial charge in [-0.15, -0.1) is 0 Å². The van der Waals surface area contributed by atoms with E-state index in [-0.39, 0.29) is 5.78 Å². The SMILES string of the molecule is CCc1cc2c(cc1C)C(C)(C)C(N)=C(c1cc(S(=O)O)c(C)cc1C)C2=O. The highest BCUT2D eigenvalue weighted by Crippen LogP contribution is 2.43. The first kappa shape index (κ1) is 20.5. The first-order valence-electron chi connectivity index (χ1n) is 9.42. The van der Waals surface area contributed by atoms with Crippen LogP contribution in [0.3, 0.4) is 0 Å². The Morgan fingerprint density at radius 1 is 1.00 bits per heavy atom. The average Bonchev–Trinajstić information content (AvgIpc) is 2.61. The monoisotopic (exact) mass is 397 g/mol. The molecule has 5 heteroatoms. The summed E-state index contributed by atoms with van der Waals surface area (Å²) in [6.07, 6.45) is 0.846. The standard InChI is InChI=1S/C23H27NO3S/c1-7-15-10-17-18(9-12(15)2)23(5,6)22(24)20(21(17)25)16-11-19(28(26)27)14(4)8-13(16)3/h8-11H,7,24H2,1-6H3,(H,26,27). The number of nitrogens with two attached hydrogens (primary N) is 1. The number of benzene rings is 2. The van der Waals surface area contributed by atoms with E-state index in [2.05, 4.69) is 19.9 Å². The molecule has 0 spiro atoms. The van der Waals surface area contributed by atoms with E-state index in [0.29, 0.717) is 32.9 Å². The van der Waals surface area contributed by atoms with Crippen molar-refractivity contribution < 1.29 is 13.6 Å². The Hall–Kier alpha value is -2.24. The maximum absolute atomic E-state index is 13.5. The van der Waals surface area contributed by atoms with Crippen LogP contribution in [0.25, 0.3) is 5.57 Å². The Balaban J connectivity index is 2.34. The number of Topliss-reactive ketones (excluding diaryl/α,β-unsaturated/α-hetero) is 1. The van der Waals surface area contributed by atoms with Crippen molar-refractivity contribution in [2.75, 3.05) is 0 Å². The van der Waals surface area contributed by atoms with Crippen LogP contribution >= 0.6 is 0 Å². The van der Waals surface area contributed by atoms with Gasteiger partial charge >= 0.3 is 0 Å². The van der Waals surface area contributed by atoms with Crippen LogP contribution in [-0.2, 0) is 22.9 Å². The van der Waals surface area contributed by atoms with Gasteiger partial charge in [-0.3, -0.25) is 4.79 Å². The predicted octanol–water partition coefficient (Wildman–Crippen LogP) is 4.60. The van der Waals surface area contributed by atoms with Crippen molar-refractivity contribution in [2.45, 2.75) is 58.3 Å². The quantitative estimate of drug-likeness (QED) is 0.742. The summed E-state index contributed by atoms with van der Waals surface area (Å²) in [5.41, 5.74) is 13.1. The molecule has 2 aromatic carbocycles. The van der Waals surface area contributed by atoms with E-state index in [1.165, 1.54) is 0 Å². The lowest BCUT2D eigenvalue weighted by atomic mass is 9.69. The van der Waals surface area contributed by atoms with Crippen LogP contribution in [0.1, 0.15) is 64.5 Å². The van der Waals surface area contributed by atoms with Gasteiger partial charge in [0.05, 0.1) is 4.90 Å². The van der Waals surface area contributed by atoms with E-state index in [1.807, 2.05) is 32.9 Å². The highest BCUT2D eigenvalue weighted by Gasteiger charge is 2.39. The van der Waals surface area contributed by atoms with Gasteiger partial charge in [0.25, 0.3) is 0 Å². The van der Waals surface area contributed by atoms with Crippen molar-refractivity contribution in [3.63, 3.8) is 0 Å². The molecule has 0 fully saturated rings. The number of allylic oxidation sites excluding steroid dienone is 2. The Labute approximate surface area is 169 Å². The molecule has 4 nitrogen and oxygen atoms in total. The van der Waals surface area contributed by atoms with Crippen molar-refractivity contribution in [3.8, 4) is 0 Å².